The molecule has 2 aromatic carbocycles. The summed E-state index contributed by atoms with van der Waals surface area (Å²) in [7, 11) is 3.21. The van der Waals surface area contributed by atoms with Gasteiger partial charge in [-0.3, -0.25) is 29.2 Å². The third-order valence-electron chi connectivity index (χ3n) is 12.5. The number of ether oxygens (including phenoxy) is 2. The van der Waals surface area contributed by atoms with Crippen LogP contribution in [0.4, 0.5) is 0 Å². The summed E-state index contributed by atoms with van der Waals surface area (Å²) in [5.74, 6) is -1.62. The average molecular weight is 862 g/mol. The molecule has 0 radical (unpaired) electrons. The lowest BCUT2D eigenvalue weighted by Gasteiger charge is -2.36. The predicted molar refractivity (Wildman–Crippen MR) is 241 cm³/mol. The molecule has 3 N–H and O–H groups in total. The quantitative estimate of drug-likeness (QED) is 0.119. The number of hydrazine groups is 1. The van der Waals surface area contributed by atoms with E-state index in [2.05, 4.69) is 60.3 Å². The highest BCUT2D eigenvalue weighted by molar-refractivity contribution is 5.96. The lowest BCUT2D eigenvalue weighted by atomic mass is 9.84. The molecule has 4 aromatic rings. The number of hydrogen-bond acceptors (Lipinski definition) is 10. The van der Waals surface area contributed by atoms with Gasteiger partial charge in [-0.25, -0.2) is 5.43 Å². The Morgan fingerprint density at radius 3 is 2.52 bits per heavy atom. The van der Waals surface area contributed by atoms with Crippen LogP contribution in [0.5, 0.6) is 5.75 Å². The van der Waals surface area contributed by atoms with Crippen LogP contribution in [0.2, 0.25) is 0 Å². The Morgan fingerprint density at radius 1 is 1.14 bits per heavy atom. The number of phenolic OH excluding ortho intramolecular Hbond substituents is 1. The second kappa shape index (κ2) is 19.3. The number of benzene rings is 2. The second-order valence-corrected chi connectivity index (χ2v) is 18.7. The van der Waals surface area contributed by atoms with Gasteiger partial charge in [-0.05, 0) is 117 Å². The summed E-state index contributed by atoms with van der Waals surface area (Å²) in [5, 5.41) is 24.7. The lowest BCUT2D eigenvalue weighted by molar-refractivity contribution is -0.155. The molecule has 336 valence electrons. The van der Waals surface area contributed by atoms with Gasteiger partial charge in [0.05, 0.1) is 35.6 Å². The zero-order chi connectivity index (χ0) is 45.8. The van der Waals surface area contributed by atoms with Crippen molar-refractivity contribution in [3.8, 4) is 34.2 Å². The Labute approximate surface area is 370 Å². The number of amides is 3. The standard InChI is InChI=1S/C44H56N6O7.C5H7N/c1-9-49-37-15-14-29-22-33(37)34(40(49)32-12-10-16-45-38(32)27(4)56-8)23-44(5,6)24-57-43(55)35-13-11-17-50(47-35)42(54)36(20-28-18-30(29)21-31(52)19-28)46-41(53)39(26(2)3)48(7)25-51;1-5(4-6)2-3-5/h10,12,14-16,18-19,21-22,25-27,35-36,39,47,52H,9,11,13,17,20,23-24H2,1-8H3,(H,46,53);2-3H2,1H3/t27?,35-,36?,39?;/m0./s1. The molecule has 1 saturated heterocycles. The first-order chi connectivity index (χ1) is 29.9. The van der Waals surface area contributed by atoms with Gasteiger partial charge in [0.25, 0.3) is 5.91 Å². The number of nitrogens with one attached hydrogen (secondary N) is 2. The Hall–Kier alpha value is -5.78. The van der Waals surface area contributed by atoms with Gasteiger partial charge in [0, 0.05) is 61.7 Å². The van der Waals surface area contributed by atoms with Gasteiger partial charge in [-0.2, -0.15) is 5.26 Å². The number of cyclic esters (lactones) is 1. The highest BCUT2D eigenvalue weighted by Gasteiger charge is 2.38. The number of carbonyl (C=O) groups is 4. The molecule has 1 aliphatic carbocycles. The summed E-state index contributed by atoms with van der Waals surface area (Å²) in [6, 6.07) is 15.0. The minimum Gasteiger partial charge on any atom is -0.508 e. The average Bonchev–Trinajstić information content (AvgIpc) is 3.95. The number of aromatic nitrogens is 2. The van der Waals surface area contributed by atoms with Crippen molar-refractivity contribution in [2.45, 2.75) is 118 Å². The van der Waals surface area contributed by atoms with Crippen LogP contribution in [0.15, 0.2) is 54.7 Å². The van der Waals surface area contributed by atoms with Crippen LogP contribution in [0.3, 0.4) is 0 Å². The molecule has 2 fully saturated rings. The minimum atomic E-state index is -1.09. The number of aromatic hydroxyl groups is 1. The van der Waals surface area contributed by atoms with Gasteiger partial charge in [0.1, 0.15) is 23.9 Å². The van der Waals surface area contributed by atoms with Crippen molar-refractivity contribution >= 4 is 35.1 Å². The smallest absolute Gasteiger partial charge is 0.324 e. The Kier molecular flexibility index (Phi) is 14.3. The molecule has 2 aliphatic heterocycles. The van der Waals surface area contributed by atoms with Gasteiger partial charge < -0.3 is 29.4 Å². The van der Waals surface area contributed by atoms with Crippen molar-refractivity contribution in [1.29, 1.82) is 5.26 Å². The van der Waals surface area contributed by atoms with Crippen LogP contribution in [-0.4, -0.2) is 94.2 Å². The number of aryl methyl sites for hydroxylation is 1. The largest absolute Gasteiger partial charge is 0.508 e. The number of rotatable bonds is 9. The molecule has 0 spiro atoms. The maximum Gasteiger partial charge on any atom is 0.324 e. The predicted octanol–water partition coefficient (Wildman–Crippen LogP) is 6.87. The highest BCUT2D eigenvalue weighted by Crippen LogP contribution is 2.44. The number of phenols is 1. The van der Waals surface area contributed by atoms with E-state index < -0.39 is 41.3 Å². The molecule has 4 heterocycles. The van der Waals surface area contributed by atoms with Crippen LogP contribution in [-0.2, 0) is 48.0 Å². The van der Waals surface area contributed by atoms with Gasteiger partial charge in [-0.15, -0.1) is 0 Å². The van der Waals surface area contributed by atoms with Gasteiger partial charge in [0.15, 0.2) is 0 Å². The first-order valence-corrected chi connectivity index (χ1v) is 22.0. The Balaban J connectivity index is 0.00000101. The van der Waals surface area contributed by atoms with Crippen molar-refractivity contribution in [2.24, 2.45) is 16.7 Å². The SMILES string of the molecule is CC1(C#N)CC1.CCn1c(-c2cccnc2C(C)OC)c2c3cc(ccc31)-c1cc(O)cc(c1)CC(NC(=O)C(C(C)C)N(C)C=O)C(=O)N1CCC[C@H](N1)C(=O)OCC(C)(C)C2. The molecule has 2 aromatic heterocycles. The summed E-state index contributed by atoms with van der Waals surface area (Å²) in [6.07, 6.45) is 5.93. The monoisotopic (exact) mass is 861 g/mol. The van der Waals surface area contributed by atoms with Crippen LogP contribution >= 0.6 is 0 Å². The third kappa shape index (κ3) is 10.5. The number of nitriles is 1. The van der Waals surface area contributed by atoms with E-state index in [4.69, 9.17) is 19.7 Å². The molecule has 1 saturated carbocycles. The summed E-state index contributed by atoms with van der Waals surface area (Å²) in [6.45, 7) is 15.0. The topological polar surface area (TPSA) is 179 Å². The second-order valence-electron chi connectivity index (χ2n) is 18.7. The van der Waals surface area contributed by atoms with Crippen molar-refractivity contribution in [1.82, 2.24) is 30.2 Å². The number of carbonyl (C=O) groups excluding carboxylic acids is 4. The Morgan fingerprint density at radius 2 is 1.89 bits per heavy atom. The van der Waals surface area contributed by atoms with Gasteiger partial charge in [0.2, 0.25) is 12.3 Å². The maximum absolute atomic E-state index is 14.4. The maximum atomic E-state index is 14.4. The molecule has 63 heavy (non-hydrogen) atoms. The van der Waals surface area contributed by atoms with E-state index in [0.29, 0.717) is 44.3 Å². The molecule has 14 heteroatoms. The summed E-state index contributed by atoms with van der Waals surface area (Å²) in [4.78, 5) is 59.7. The van der Waals surface area contributed by atoms with Crippen LogP contribution in [0.25, 0.3) is 33.3 Å². The molecule has 3 aliphatic rings. The highest BCUT2D eigenvalue weighted by atomic mass is 16.5. The van der Waals surface area contributed by atoms with E-state index in [1.807, 2.05) is 45.9 Å². The molecular formula is C49H63N7O7. The summed E-state index contributed by atoms with van der Waals surface area (Å²) >= 11 is 0. The zero-order valence-corrected chi connectivity index (χ0v) is 38.2. The number of nitrogens with zero attached hydrogens (tertiary/aromatic N) is 5. The first kappa shape index (κ1) is 46.7. The van der Waals surface area contributed by atoms with Crippen LogP contribution in [0.1, 0.15) is 97.1 Å². The zero-order valence-electron chi connectivity index (χ0n) is 38.2. The molecule has 4 atom stereocenters. The fraction of sp³-hybridized carbons (Fsp3) is 0.510. The molecule has 6 bridgehead atoms. The molecule has 3 unspecified atom stereocenters. The Bertz CT molecular complexity index is 2380. The third-order valence-corrected chi connectivity index (χ3v) is 12.5. The van der Waals surface area contributed by atoms with Crippen LogP contribution < -0.4 is 10.7 Å². The molecular weight excluding hydrogens is 799 g/mol. The first-order valence-electron chi connectivity index (χ1n) is 22.0. The molecule has 7 rings (SSSR count). The summed E-state index contributed by atoms with van der Waals surface area (Å²) in [5.41, 5.74) is 9.76. The number of pyridine rings is 1. The minimum absolute atomic E-state index is 0.0101. The summed E-state index contributed by atoms with van der Waals surface area (Å²) < 4.78 is 14.1. The van der Waals surface area contributed by atoms with E-state index in [0.717, 1.165) is 57.4 Å². The normalized spacial score (nSPS) is 20.3. The van der Waals surface area contributed by atoms with E-state index >= 15 is 0 Å². The fourth-order valence-corrected chi connectivity index (χ4v) is 8.65. The van der Waals surface area contributed by atoms with Crippen molar-refractivity contribution < 1.29 is 33.8 Å². The van der Waals surface area contributed by atoms with Crippen molar-refractivity contribution in [2.75, 3.05) is 27.3 Å². The number of esters is 1. The lowest BCUT2D eigenvalue weighted by Crippen LogP contribution is -2.61. The van der Waals surface area contributed by atoms with E-state index in [1.54, 1.807) is 25.4 Å². The van der Waals surface area contributed by atoms with E-state index in [-0.39, 0.29) is 36.2 Å². The fourth-order valence-electron chi connectivity index (χ4n) is 8.65. The van der Waals surface area contributed by atoms with Crippen molar-refractivity contribution in [3.05, 3.63) is 71.5 Å². The van der Waals surface area contributed by atoms with E-state index in [1.165, 1.54) is 17.0 Å². The van der Waals surface area contributed by atoms with Gasteiger partial charge in [-0.1, -0.05) is 39.8 Å². The number of fused-ring (bicyclic) bond motifs is 6. The van der Waals surface area contributed by atoms with Crippen molar-refractivity contribution in [3.63, 3.8) is 0 Å². The molecule has 14 nitrogen and oxygen atoms in total. The number of methoxy groups -OCH3 is 1. The number of likely N-dealkylation sites (N-methyl/N-ethyl adjacent to an activating group) is 1. The van der Waals surface area contributed by atoms with Gasteiger partial charge >= 0.3 is 5.97 Å². The van der Waals surface area contributed by atoms with E-state index in [9.17, 15) is 24.3 Å². The number of hydrogen-bond donors (Lipinski definition) is 3. The molecule has 3 amide bonds. The van der Waals surface area contributed by atoms with Crippen LogP contribution in [0, 0.1) is 28.1 Å².